The van der Waals surface area contributed by atoms with Gasteiger partial charge in [0.15, 0.2) is 0 Å². The highest BCUT2D eigenvalue weighted by Gasteiger charge is 2.42. The van der Waals surface area contributed by atoms with Crippen molar-refractivity contribution in [1.29, 1.82) is 0 Å². The molecule has 0 aromatic heterocycles. The fraction of sp³-hybridized carbons (Fsp3) is 0.538. The Morgan fingerprint density at radius 3 is 3.11 bits per heavy atom. The van der Waals surface area contributed by atoms with Gasteiger partial charge in [-0.3, -0.25) is 10.1 Å². The van der Waals surface area contributed by atoms with Gasteiger partial charge in [0.2, 0.25) is 0 Å². The summed E-state index contributed by atoms with van der Waals surface area (Å²) in [6, 6.07) is 6.91. The van der Waals surface area contributed by atoms with E-state index in [0.717, 1.165) is 25.9 Å². The molecule has 1 saturated heterocycles. The molecule has 2 N–H and O–H groups in total. The molecule has 1 aromatic carbocycles. The zero-order valence-electron chi connectivity index (χ0n) is 10.2. The number of hydrogen-bond donors (Lipinski definition) is 2. The van der Waals surface area contributed by atoms with Crippen LogP contribution in [0.5, 0.6) is 0 Å². The van der Waals surface area contributed by atoms with Crippen LogP contribution in [0.25, 0.3) is 0 Å². The van der Waals surface area contributed by atoms with Gasteiger partial charge in [0.1, 0.15) is 5.69 Å². The van der Waals surface area contributed by atoms with E-state index in [0.29, 0.717) is 11.6 Å². The number of anilines is 1. The minimum absolute atomic E-state index is 0.00896. The number of nitrogens with zero attached hydrogens (tertiary/aromatic N) is 1. The molecule has 0 amide bonds. The van der Waals surface area contributed by atoms with Crippen molar-refractivity contribution in [2.75, 3.05) is 18.4 Å². The molecule has 2 atom stereocenters. The third-order valence-electron chi connectivity index (χ3n) is 4.11. The number of nitro groups is 1. The minimum Gasteiger partial charge on any atom is -0.373 e. The Hall–Kier alpha value is -1.62. The number of fused-ring (bicyclic) bond motifs is 2. The van der Waals surface area contributed by atoms with Crippen molar-refractivity contribution in [3.8, 4) is 0 Å². The second-order valence-electron chi connectivity index (χ2n) is 5.42. The number of piperidine rings is 1. The van der Waals surface area contributed by atoms with Crippen LogP contribution in [0, 0.1) is 16.0 Å². The molecule has 96 valence electrons. The SMILES string of the molecule is O=[N+]([O-])c1ccccc1NC12CCC(CNC1)C2. The highest BCUT2D eigenvalue weighted by atomic mass is 16.6. The highest BCUT2D eigenvalue weighted by Crippen LogP contribution is 2.40. The average molecular weight is 247 g/mol. The molecule has 1 aromatic rings. The van der Waals surface area contributed by atoms with E-state index in [-0.39, 0.29) is 16.1 Å². The van der Waals surface area contributed by atoms with Crippen LogP contribution in [0.3, 0.4) is 0 Å². The number of nitrogens with one attached hydrogen (secondary N) is 2. The van der Waals surface area contributed by atoms with Crippen molar-refractivity contribution >= 4 is 11.4 Å². The fourth-order valence-electron chi connectivity index (χ4n) is 3.27. The number of benzene rings is 1. The van der Waals surface area contributed by atoms with Crippen molar-refractivity contribution in [3.05, 3.63) is 34.4 Å². The third kappa shape index (κ3) is 1.95. The molecule has 1 heterocycles. The van der Waals surface area contributed by atoms with Crippen molar-refractivity contribution in [2.24, 2.45) is 5.92 Å². The summed E-state index contributed by atoms with van der Waals surface area (Å²) in [5.41, 5.74) is 0.822. The summed E-state index contributed by atoms with van der Waals surface area (Å²) in [5.74, 6) is 0.717. The molecule has 0 spiro atoms. The van der Waals surface area contributed by atoms with Crippen molar-refractivity contribution in [2.45, 2.75) is 24.8 Å². The topological polar surface area (TPSA) is 67.2 Å². The Morgan fingerprint density at radius 2 is 2.28 bits per heavy atom. The molecule has 2 unspecified atom stereocenters. The third-order valence-corrected chi connectivity index (χ3v) is 4.11. The lowest BCUT2D eigenvalue weighted by Crippen LogP contribution is -2.49. The van der Waals surface area contributed by atoms with Crippen LogP contribution in [0.1, 0.15) is 19.3 Å². The zero-order valence-corrected chi connectivity index (χ0v) is 10.2. The maximum Gasteiger partial charge on any atom is 0.292 e. The largest absolute Gasteiger partial charge is 0.373 e. The summed E-state index contributed by atoms with van der Waals surface area (Å²) >= 11 is 0. The summed E-state index contributed by atoms with van der Waals surface area (Å²) in [4.78, 5) is 10.7. The molecule has 1 aliphatic heterocycles. The van der Waals surface area contributed by atoms with Gasteiger partial charge in [-0.25, -0.2) is 0 Å². The van der Waals surface area contributed by atoms with Crippen LogP contribution in [0.4, 0.5) is 11.4 Å². The Morgan fingerprint density at radius 1 is 1.44 bits per heavy atom. The molecule has 1 aliphatic carbocycles. The molecule has 5 heteroatoms. The molecule has 1 saturated carbocycles. The molecule has 0 radical (unpaired) electrons. The van der Waals surface area contributed by atoms with E-state index in [1.807, 2.05) is 6.07 Å². The number of nitro benzene ring substituents is 1. The van der Waals surface area contributed by atoms with Gasteiger partial charge in [-0.15, -0.1) is 0 Å². The van der Waals surface area contributed by atoms with Crippen LogP contribution in [0.2, 0.25) is 0 Å². The van der Waals surface area contributed by atoms with Crippen molar-refractivity contribution in [3.63, 3.8) is 0 Å². The second kappa shape index (κ2) is 4.24. The summed E-state index contributed by atoms with van der Waals surface area (Å²) < 4.78 is 0. The summed E-state index contributed by atoms with van der Waals surface area (Å²) in [7, 11) is 0. The molecular formula is C13H17N3O2. The van der Waals surface area contributed by atoms with Gasteiger partial charge in [-0.2, -0.15) is 0 Å². The van der Waals surface area contributed by atoms with Gasteiger partial charge in [-0.05, 0) is 37.8 Å². The number of hydrogen-bond acceptors (Lipinski definition) is 4. The van der Waals surface area contributed by atoms with Crippen LogP contribution in [-0.2, 0) is 0 Å². The smallest absolute Gasteiger partial charge is 0.292 e. The molecule has 2 bridgehead atoms. The van der Waals surface area contributed by atoms with E-state index in [1.54, 1.807) is 18.2 Å². The van der Waals surface area contributed by atoms with Crippen LogP contribution in [-0.4, -0.2) is 23.6 Å². The molecule has 2 aliphatic rings. The zero-order chi connectivity index (χ0) is 12.6. The van der Waals surface area contributed by atoms with Gasteiger partial charge in [-0.1, -0.05) is 12.1 Å². The Labute approximate surface area is 106 Å². The summed E-state index contributed by atoms with van der Waals surface area (Å²) in [5, 5.41) is 17.9. The average Bonchev–Trinajstić information content (AvgIpc) is 2.65. The molecule has 2 fully saturated rings. The second-order valence-corrected chi connectivity index (χ2v) is 5.42. The van der Waals surface area contributed by atoms with Crippen molar-refractivity contribution in [1.82, 2.24) is 5.32 Å². The lowest BCUT2D eigenvalue weighted by Gasteiger charge is -2.35. The first kappa shape index (κ1) is 11.5. The van der Waals surface area contributed by atoms with E-state index >= 15 is 0 Å². The van der Waals surface area contributed by atoms with Crippen LogP contribution in [0.15, 0.2) is 24.3 Å². The van der Waals surface area contributed by atoms with E-state index in [2.05, 4.69) is 10.6 Å². The van der Waals surface area contributed by atoms with E-state index in [4.69, 9.17) is 0 Å². The number of para-hydroxylation sites is 2. The maximum absolute atomic E-state index is 11.0. The Bertz CT molecular complexity index is 473. The van der Waals surface area contributed by atoms with E-state index in [9.17, 15) is 10.1 Å². The highest BCUT2D eigenvalue weighted by molar-refractivity contribution is 5.62. The van der Waals surface area contributed by atoms with Crippen LogP contribution >= 0.6 is 0 Å². The van der Waals surface area contributed by atoms with Gasteiger partial charge >= 0.3 is 0 Å². The maximum atomic E-state index is 11.0. The van der Waals surface area contributed by atoms with Gasteiger partial charge in [0, 0.05) is 12.6 Å². The van der Waals surface area contributed by atoms with E-state index < -0.39 is 0 Å². The predicted molar refractivity (Wildman–Crippen MR) is 69.7 cm³/mol. The van der Waals surface area contributed by atoms with Gasteiger partial charge in [0.25, 0.3) is 5.69 Å². The van der Waals surface area contributed by atoms with Crippen molar-refractivity contribution < 1.29 is 4.92 Å². The molecular weight excluding hydrogens is 230 g/mol. The molecule has 18 heavy (non-hydrogen) atoms. The van der Waals surface area contributed by atoms with Crippen LogP contribution < -0.4 is 10.6 Å². The van der Waals surface area contributed by atoms with E-state index in [1.165, 1.54) is 6.42 Å². The minimum atomic E-state index is -0.318. The Kier molecular flexibility index (Phi) is 2.70. The number of rotatable bonds is 3. The standard InChI is InChI=1S/C13H17N3O2/c17-16(18)12-4-2-1-3-11(12)15-13-6-5-10(7-13)8-14-9-13/h1-4,10,14-15H,5-9H2. The Balaban J connectivity index is 1.86. The molecule has 3 rings (SSSR count). The quantitative estimate of drug-likeness (QED) is 0.634. The summed E-state index contributed by atoms with van der Waals surface area (Å²) in [6.45, 7) is 1.98. The lowest BCUT2D eigenvalue weighted by atomic mass is 9.92. The first-order chi connectivity index (χ1) is 8.69. The fourth-order valence-corrected chi connectivity index (χ4v) is 3.27. The summed E-state index contributed by atoms with van der Waals surface area (Å²) in [6.07, 6.45) is 3.42. The van der Waals surface area contributed by atoms with Gasteiger partial charge < -0.3 is 10.6 Å². The predicted octanol–water partition coefficient (Wildman–Crippen LogP) is 2.15. The normalized spacial score (nSPS) is 30.1. The van der Waals surface area contributed by atoms with Gasteiger partial charge in [0.05, 0.1) is 10.5 Å². The lowest BCUT2D eigenvalue weighted by molar-refractivity contribution is -0.384. The first-order valence-corrected chi connectivity index (χ1v) is 6.41. The first-order valence-electron chi connectivity index (χ1n) is 6.41. The molecule has 5 nitrogen and oxygen atoms in total. The monoisotopic (exact) mass is 247 g/mol.